The van der Waals surface area contributed by atoms with Crippen LogP contribution in [0.5, 0.6) is 0 Å². The van der Waals surface area contributed by atoms with E-state index in [1.165, 1.54) is 16.2 Å². The van der Waals surface area contributed by atoms with Gasteiger partial charge in [0.1, 0.15) is 10.5 Å². The minimum atomic E-state index is -0.153. The van der Waals surface area contributed by atoms with Gasteiger partial charge < -0.3 is 9.88 Å². The lowest BCUT2D eigenvalue weighted by molar-refractivity contribution is -0.130. The largest absolute Gasteiger partial charge is 0.338 e. The Balaban J connectivity index is 2.21. The number of amides is 1. The molecule has 7 heteroatoms. The third-order valence-electron chi connectivity index (χ3n) is 2.50. The predicted molar refractivity (Wildman–Crippen MR) is 75.2 cm³/mol. The molecule has 0 radical (unpaired) electrons. The first kappa shape index (κ1) is 13.1. The number of carbonyl (C=O) groups is 1. The topological polar surface area (TPSA) is 66.1 Å². The summed E-state index contributed by atoms with van der Waals surface area (Å²) in [7, 11) is 1.68. The van der Waals surface area contributed by atoms with Crippen LogP contribution in [0, 0.1) is 0 Å². The molecule has 2 rings (SSSR count). The van der Waals surface area contributed by atoms with Gasteiger partial charge in [-0.25, -0.2) is 4.98 Å². The van der Waals surface area contributed by atoms with Crippen LogP contribution in [0.15, 0.2) is 16.2 Å². The second kappa shape index (κ2) is 5.53. The van der Waals surface area contributed by atoms with Crippen molar-refractivity contribution in [2.45, 2.75) is 13.0 Å². The Hall–Kier alpha value is -1.34. The molecule has 1 N–H and O–H groups in total. The van der Waals surface area contributed by atoms with E-state index in [0.29, 0.717) is 34.8 Å². The van der Waals surface area contributed by atoms with Crippen molar-refractivity contribution >= 4 is 40.1 Å². The van der Waals surface area contributed by atoms with Gasteiger partial charge in [0.2, 0.25) is 5.91 Å². The zero-order valence-electron chi connectivity index (χ0n) is 9.84. The van der Waals surface area contributed by atoms with Gasteiger partial charge in [0.25, 0.3) is 5.56 Å². The second-order valence-electron chi connectivity index (χ2n) is 3.87. The van der Waals surface area contributed by atoms with Crippen molar-refractivity contribution in [1.82, 2.24) is 14.9 Å². The summed E-state index contributed by atoms with van der Waals surface area (Å²) in [6.07, 6.45) is 0.380. The van der Waals surface area contributed by atoms with E-state index in [-0.39, 0.29) is 11.5 Å². The number of H-pyrrole nitrogens is 1. The Morgan fingerprint density at radius 2 is 2.39 bits per heavy atom. The smallest absolute Gasteiger partial charge is 0.268 e. The number of thiophene rings is 1. The molecular weight excluding hydrogens is 270 g/mol. The Morgan fingerprint density at radius 1 is 1.61 bits per heavy atom. The molecule has 0 saturated heterocycles. The first-order valence-electron chi connectivity index (χ1n) is 5.43. The van der Waals surface area contributed by atoms with E-state index in [4.69, 9.17) is 0 Å². The molecule has 0 atom stereocenters. The summed E-state index contributed by atoms with van der Waals surface area (Å²) in [5, 5.41) is 1.83. The number of thiol groups is 1. The van der Waals surface area contributed by atoms with Gasteiger partial charge >= 0.3 is 0 Å². The highest BCUT2D eigenvalue weighted by molar-refractivity contribution is 7.80. The third kappa shape index (κ3) is 2.73. The van der Waals surface area contributed by atoms with Crippen molar-refractivity contribution in [3.8, 4) is 0 Å². The molecule has 0 fully saturated rings. The molecule has 0 aliphatic rings. The third-order valence-corrected chi connectivity index (χ3v) is 3.63. The van der Waals surface area contributed by atoms with Crippen LogP contribution in [-0.4, -0.2) is 33.6 Å². The van der Waals surface area contributed by atoms with Crippen LogP contribution >= 0.6 is 24.0 Å². The maximum absolute atomic E-state index is 11.7. The average molecular weight is 283 g/mol. The number of fused-ring (bicyclic) bond motifs is 1. The molecule has 0 aliphatic carbocycles. The Morgan fingerprint density at radius 3 is 3.11 bits per heavy atom. The van der Waals surface area contributed by atoms with Gasteiger partial charge in [-0.1, -0.05) is 0 Å². The van der Waals surface area contributed by atoms with Crippen molar-refractivity contribution in [2.75, 3.05) is 12.8 Å². The standard InChI is InChI=1S/C11H13N3O2S2/c1-14(9(15)2-4-17)6-8-12-7-3-5-18-10(7)11(16)13-8/h3,5,17H,2,4,6H2,1H3,(H,12,13,16). The molecule has 2 aromatic heterocycles. The van der Waals surface area contributed by atoms with Crippen LogP contribution in [0.4, 0.5) is 0 Å². The summed E-state index contributed by atoms with van der Waals surface area (Å²) in [6.45, 7) is 0.299. The maximum Gasteiger partial charge on any atom is 0.268 e. The van der Waals surface area contributed by atoms with E-state index in [1.807, 2.05) is 5.38 Å². The number of carbonyl (C=O) groups excluding carboxylic acids is 1. The number of nitrogens with zero attached hydrogens (tertiary/aromatic N) is 2. The van der Waals surface area contributed by atoms with E-state index in [1.54, 1.807) is 13.1 Å². The van der Waals surface area contributed by atoms with Gasteiger partial charge in [-0.05, 0) is 17.2 Å². The summed E-state index contributed by atoms with van der Waals surface area (Å²) < 4.78 is 0.614. The fourth-order valence-corrected chi connectivity index (χ4v) is 2.51. The van der Waals surface area contributed by atoms with Crippen LogP contribution in [0.25, 0.3) is 10.2 Å². The molecule has 0 saturated carbocycles. The van der Waals surface area contributed by atoms with Gasteiger partial charge in [-0.3, -0.25) is 9.59 Å². The number of aromatic amines is 1. The van der Waals surface area contributed by atoms with E-state index >= 15 is 0 Å². The number of rotatable bonds is 4. The van der Waals surface area contributed by atoms with Gasteiger partial charge in [0.05, 0.1) is 12.1 Å². The molecule has 5 nitrogen and oxygen atoms in total. The summed E-state index contributed by atoms with van der Waals surface area (Å²) >= 11 is 5.38. The molecule has 96 valence electrons. The summed E-state index contributed by atoms with van der Waals surface area (Å²) in [5.74, 6) is 0.996. The summed E-state index contributed by atoms with van der Waals surface area (Å²) in [5.41, 5.74) is 0.522. The lowest BCUT2D eigenvalue weighted by atomic mass is 10.4. The quantitative estimate of drug-likeness (QED) is 0.830. The van der Waals surface area contributed by atoms with Crippen molar-refractivity contribution in [1.29, 1.82) is 0 Å². The molecule has 0 aromatic carbocycles. The van der Waals surface area contributed by atoms with Gasteiger partial charge in [-0.15, -0.1) is 11.3 Å². The molecule has 2 aromatic rings. The highest BCUT2D eigenvalue weighted by Gasteiger charge is 2.11. The van der Waals surface area contributed by atoms with Crippen molar-refractivity contribution in [3.63, 3.8) is 0 Å². The molecule has 1 amide bonds. The maximum atomic E-state index is 11.7. The highest BCUT2D eigenvalue weighted by Crippen LogP contribution is 2.14. The van der Waals surface area contributed by atoms with Crippen molar-refractivity contribution in [2.24, 2.45) is 0 Å². The summed E-state index contributed by atoms with van der Waals surface area (Å²) in [4.78, 5) is 31.9. The number of hydrogen-bond donors (Lipinski definition) is 2. The molecule has 0 bridgehead atoms. The predicted octanol–water partition coefficient (Wildman–Crippen LogP) is 1.26. The Bertz CT molecular complexity index is 620. The number of aromatic nitrogens is 2. The summed E-state index contributed by atoms with van der Waals surface area (Å²) in [6, 6.07) is 1.80. The van der Waals surface area contributed by atoms with Gasteiger partial charge in [-0.2, -0.15) is 12.6 Å². The lowest BCUT2D eigenvalue weighted by Gasteiger charge is -2.15. The van der Waals surface area contributed by atoms with Gasteiger partial charge in [0, 0.05) is 13.5 Å². The minimum absolute atomic E-state index is 0.0157. The monoisotopic (exact) mass is 283 g/mol. The average Bonchev–Trinajstić information content (AvgIpc) is 2.77. The zero-order valence-corrected chi connectivity index (χ0v) is 11.6. The van der Waals surface area contributed by atoms with Crippen LogP contribution in [-0.2, 0) is 11.3 Å². The molecule has 0 spiro atoms. The first-order valence-corrected chi connectivity index (χ1v) is 6.94. The van der Waals surface area contributed by atoms with Crippen LogP contribution in [0.2, 0.25) is 0 Å². The van der Waals surface area contributed by atoms with Crippen LogP contribution in [0.3, 0.4) is 0 Å². The molecule has 2 heterocycles. The SMILES string of the molecule is CN(Cc1nc2ccsc2c(=O)[nH]1)C(=O)CCS. The van der Waals surface area contributed by atoms with E-state index in [9.17, 15) is 9.59 Å². The normalized spacial score (nSPS) is 10.8. The number of nitrogens with one attached hydrogen (secondary N) is 1. The van der Waals surface area contributed by atoms with Crippen LogP contribution in [0.1, 0.15) is 12.2 Å². The van der Waals surface area contributed by atoms with Crippen molar-refractivity contribution < 1.29 is 4.79 Å². The molecule has 0 aliphatic heterocycles. The highest BCUT2D eigenvalue weighted by atomic mass is 32.1. The van der Waals surface area contributed by atoms with E-state index in [2.05, 4.69) is 22.6 Å². The Labute approximate surface area is 113 Å². The van der Waals surface area contributed by atoms with E-state index in [0.717, 1.165) is 0 Å². The van der Waals surface area contributed by atoms with Crippen molar-refractivity contribution in [3.05, 3.63) is 27.6 Å². The number of hydrogen-bond acceptors (Lipinski definition) is 5. The lowest BCUT2D eigenvalue weighted by Crippen LogP contribution is -2.28. The Kier molecular flexibility index (Phi) is 4.03. The zero-order chi connectivity index (χ0) is 13.1. The molecule has 18 heavy (non-hydrogen) atoms. The van der Waals surface area contributed by atoms with Gasteiger partial charge in [0.15, 0.2) is 0 Å². The fraction of sp³-hybridized carbons (Fsp3) is 0.364. The molecular formula is C11H13N3O2S2. The van der Waals surface area contributed by atoms with Crippen LogP contribution < -0.4 is 5.56 Å². The first-order chi connectivity index (χ1) is 8.61. The van der Waals surface area contributed by atoms with E-state index < -0.39 is 0 Å². The molecule has 0 unspecified atom stereocenters. The second-order valence-corrected chi connectivity index (χ2v) is 5.23. The minimum Gasteiger partial charge on any atom is -0.338 e. The fourth-order valence-electron chi connectivity index (χ4n) is 1.60.